The molecule has 0 amide bonds. The second-order valence-electron chi connectivity index (χ2n) is 5.55. The van der Waals surface area contributed by atoms with Gasteiger partial charge in [0.2, 0.25) is 0 Å². The van der Waals surface area contributed by atoms with Crippen molar-refractivity contribution in [2.45, 2.75) is 25.6 Å². The van der Waals surface area contributed by atoms with Gasteiger partial charge in [-0.2, -0.15) is 0 Å². The smallest absolute Gasteiger partial charge is 0.0556 e. The fraction of sp³-hybridized carbons (Fsp3) is 0.222. The van der Waals surface area contributed by atoms with Gasteiger partial charge in [-0.25, -0.2) is 0 Å². The molecule has 0 heterocycles. The van der Waals surface area contributed by atoms with E-state index in [1.807, 2.05) is 0 Å². The Balaban J connectivity index is 2.15. The summed E-state index contributed by atoms with van der Waals surface area (Å²) in [5.41, 5.74) is 7.90. The van der Waals surface area contributed by atoms with Gasteiger partial charge < -0.3 is 0 Å². The Bertz CT molecular complexity index is 638. The summed E-state index contributed by atoms with van der Waals surface area (Å²) in [6, 6.07) is 17.6. The van der Waals surface area contributed by atoms with Crippen molar-refractivity contribution in [3.05, 3.63) is 70.8 Å². The summed E-state index contributed by atoms with van der Waals surface area (Å²) in [4.78, 5) is 0. The quantitative estimate of drug-likeness (QED) is 0.674. The van der Waals surface area contributed by atoms with Crippen LogP contribution in [0.1, 0.15) is 27.8 Å². The predicted octanol–water partition coefficient (Wildman–Crippen LogP) is 4.93. The number of allylic oxidation sites excluding steroid dienone is 1. The van der Waals surface area contributed by atoms with E-state index in [0.717, 1.165) is 0 Å². The van der Waals surface area contributed by atoms with E-state index in [0.29, 0.717) is 5.54 Å². The van der Waals surface area contributed by atoms with E-state index >= 15 is 0 Å². The lowest BCUT2D eigenvalue weighted by Gasteiger charge is -2.21. The van der Waals surface area contributed by atoms with Crippen LogP contribution in [-0.2, 0) is 0 Å². The molecule has 2 aromatic carbocycles. The molecule has 0 fully saturated rings. The van der Waals surface area contributed by atoms with E-state index in [1.165, 1.54) is 27.8 Å². The van der Waals surface area contributed by atoms with Gasteiger partial charge in [-0.15, -0.1) is 0 Å². The molecule has 0 saturated heterocycles. The van der Waals surface area contributed by atoms with Gasteiger partial charge in [-0.05, 0) is 34.8 Å². The molecule has 1 aliphatic rings. The maximum atomic E-state index is 2.42. The van der Waals surface area contributed by atoms with Crippen molar-refractivity contribution in [3.63, 3.8) is 0 Å². The van der Waals surface area contributed by atoms with Crippen LogP contribution in [0.25, 0.3) is 11.6 Å². The normalized spacial score (nSPS) is 17.5. The minimum absolute atomic E-state index is 0.404. The molecular formula is C18H19Si. The lowest BCUT2D eigenvalue weighted by Crippen LogP contribution is -2.16. The minimum atomic E-state index is -0.404. The summed E-state index contributed by atoms with van der Waals surface area (Å²) in [6.07, 6.45) is 2.40. The summed E-state index contributed by atoms with van der Waals surface area (Å²) < 4.78 is 0. The average molecular weight is 263 g/mol. The van der Waals surface area contributed by atoms with Crippen LogP contribution in [-0.4, -0.2) is 8.80 Å². The van der Waals surface area contributed by atoms with Gasteiger partial charge in [-0.3, -0.25) is 0 Å². The van der Waals surface area contributed by atoms with Crippen molar-refractivity contribution in [2.75, 3.05) is 0 Å². The van der Waals surface area contributed by atoms with Crippen LogP contribution in [0.15, 0.2) is 48.5 Å². The van der Waals surface area contributed by atoms with Crippen LogP contribution in [0.4, 0.5) is 0 Å². The lowest BCUT2D eigenvalue weighted by atomic mass is 9.98. The molecule has 0 bridgehead atoms. The second-order valence-corrected chi connectivity index (χ2v) is 8.29. The molecular weight excluding hydrogens is 244 g/mol. The first-order valence-corrected chi connectivity index (χ1v) is 9.43. The Morgan fingerprint density at radius 1 is 0.895 bits per heavy atom. The highest BCUT2D eigenvalue weighted by Crippen LogP contribution is 2.43. The lowest BCUT2D eigenvalue weighted by molar-refractivity contribution is 1.20. The molecule has 95 valence electrons. The topological polar surface area (TPSA) is 0 Å². The molecule has 19 heavy (non-hydrogen) atoms. The third-order valence-corrected chi connectivity index (χ3v) is 5.74. The molecule has 0 spiro atoms. The van der Waals surface area contributed by atoms with Crippen LogP contribution in [0, 0.1) is 6.92 Å². The summed E-state index contributed by atoms with van der Waals surface area (Å²) >= 11 is 0. The number of benzene rings is 2. The van der Waals surface area contributed by atoms with Gasteiger partial charge in [0, 0.05) is 5.54 Å². The van der Waals surface area contributed by atoms with E-state index in [2.05, 4.69) is 74.6 Å². The molecule has 0 aromatic heterocycles. The van der Waals surface area contributed by atoms with Crippen LogP contribution < -0.4 is 0 Å². The zero-order valence-electron chi connectivity index (χ0n) is 11.8. The fourth-order valence-electron chi connectivity index (χ4n) is 3.08. The van der Waals surface area contributed by atoms with Crippen LogP contribution in [0.3, 0.4) is 0 Å². The van der Waals surface area contributed by atoms with Gasteiger partial charge in [-0.1, -0.05) is 67.7 Å². The summed E-state index contributed by atoms with van der Waals surface area (Å²) in [5, 5.41) is 0. The minimum Gasteiger partial charge on any atom is -0.0705 e. The zero-order valence-corrected chi connectivity index (χ0v) is 12.8. The van der Waals surface area contributed by atoms with E-state index in [1.54, 1.807) is 0 Å². The first kappa shape index (κ1) is 12.4. The first-order chi connectivity index (χ1) is 9.18. The van der Waals surface area contributed by atoms with Crippen LogP contribution >= 0.6 is 0 Å². The predicted molar refractivity (Wildman–Crippen MR) is 85.7 cm³/mol. The molecule has 1 radical (unpaired) electrons. The van der Waals surface area contributed by atoms with Crippen molar-refractivity contribution in [2.24, 2.45) is 0 Å². The second kappa shape index (κ2) is 4.82. The van der Waals surface area contributed by atoms with Crippen LogP contribution in [0.5, 0.6) is 0 Å². The van der Waals surface area contributed by atoms with E-state index < -0.39 is 8.80 Å². The highest BCUT2D eigenvalue weighted by atomic mass is 28.3. The molecule has 0 nitrogen and oxygen atoms in total. The van der Waals surface area contributed by atoms with Crippen molar-refractivity contribution in [1.82, 2.24) is 0 Å². The first-order valence-electron chi connectivity index (χ1n) is 6.85. The van der Waals surface area contributed by atoms with Gasteiger partial charge >= 0.3 is 0 Å². The number of hydrogen-bond acceptors (Lipinski definition) is 0. The maximum Gasteiger partial charge on any atom is 0.0556 e. The molecule has 1 unspecified atom stereocenters. The number of fused-ring (bicyclic) bond motifs is 1. The van der Waals surface area contributed by atoms with Crippen molar-refractivity contribution < 1.29 is 0 Å². The molecule has 2 aromatic rings. The summed E-state index contributed by atoms with van der Waals surface area (Å²) in [6.45, 7) is 7.06. The third kappa shape index (κ3) is 2.08. The Kier molecular flexibility index (Phi) is 3.15. The van der Waals surface area contributed by atoms with E-state index in [4.69, 9.17) is 0 Å². The molecule has 1 atom stereocenters. The van der Waals surface area contributed by atoms with Gasteiger partial charge in [0.05, 0.1) is 8.80 Å². The highest BCUT2D eigenvalue weighted by molar-refractivity contribution is 6.60. The van der Waals surface area contributed by atoms with Crippen molar-refractivity contribution >= 4 is 20.4 Å². The fourth-order valence-corrected chi connectivity index (χ4v) is 4.82. The van der Waals surface area contributed by atoms with E-state index in [9.17, 15) is 0 Å². The monoisotopic (exact) mass is 263 g/mol. The Hall–Kier alpha value is -1.60. The largest absolute Gasteiger partial charge is 0.0705 e. The number of aryl methyl sites for hydroxylation is 1. The van der Waals surface area contributed by atoms with Crippen molar-refractivity contribution in [1.29, 1.82) is 0 Å². The molecule has 3 rings (SSSR count). The van der Waals surface area contributed by atoms with Gasteiger partial charge in [0.15, 0.2) is 0 Å². The third-order valence-electron chi connectivity index (χ3n) is 3.96. The summed E-state index contributed by atoms with van der Waals surface area (Å²) in [5.74, 6) is 0. The average Bonchev–Trinajstić information content (AvgIpc) is 2.78. The molecule has 0 aliphatic heterocycles. The molecule has 1 aliphatic carbocycles. The van der Waals surface area contributed by atoms with Gasteiger partial charge in [0.1, 0.15) is 0 Å². The summed E-state index contributed by atoms with van der Waals surface area (Å²) in [7, 11) is -0.404. The Labute approximate surface area is 117 Å². The SMILES string of the molecule is Cc1ccccc1C1=Cc2ccccc2C1[Si](C)C. The standard InChI is InChI=1S/C18H19Si/c1-13-8-4-6-10-15(13)17-12-14-9-5-7-11-16(14)18(17)19(2)3/h4-12,18H,1-3H3. The maximum absolute atomic E-state index is 2.42. The van der Waals surface area contributed by atoms with Gasteiger partial charge in [0.25, 0.3) is 0 Å². The van der Waals surface area contributed by atoms with Crippen molar-refractivity contribution in [3.8, 4) is 0 Å². The number of rotatable bonds is 2. The zero-order chi connectivity index (χ0) is 13.4. The molecule has 0 saturated carbocycles. The molecule has 1 heteroatoms. The van der Waals surface area contributed by atoms with Crippen LogP contribution in [0.2, 0.25) is 13.1 Å². The van der Waals surface area contributed by atoms with E-state index in [-0.39, 0.29) is 0 Å². The highest BCUT2D eigenvalue weighted by Gasteiger charge is 2.29. The Morgan fingerprint density at radius 3 is 2.32 bits per heavy atom. The number of hydrogen-bond donors (Lipinski definition) is 0. The molecule has 0 N–H and O–H groups in total. The Morgan fingerprint density at radius 2 is 1.58 bits per heavy atom.